The molecule has 0 spiro atoms. The van der Waals surface area contributed by atoms with Gasteiger partial charge in [-0.15, -0.1) is 11.6 Å². The van der Waals surface area contributed by atoms with E-state index in [0.717, 1.165) is 5.56 Å². The number of aromatic amines is 2. The van der Waals surface area contributed by atoms with E-state index >= 15 is 0 Å². The fraction of sp³-hybridized carbons (Fsp3) is 0.462. The number of aromatic nitrogens is 2. The number of hydrogen-bond acceptors (Lipinski definition) is 3. The summed E-state index contributed by atoms with van der Waals surface area (Å²) in [6.07, 6.45) is 0. The number of sulfonamides is 1. The third kappa shape index (κ3) is 4.09. The van der Waals surface area contributed by atoms with Gasteiger partial charge in [0.1, 0.15) is 0 Å². The van der Waals surface area contributed by atoms with E-state index in [2.05, 4.69) is 14.7 Å². The predicted octanol–water partition coefficient (Wildman–Crippen LogP) is 1.71. The van der Waals surface area contributed by atoms with Crippen molar-refractivity contribution in [2.24, 2.45) is 5.92 Å². The first-order chi connectivity index (χ1) is 9.80. The molecule has 1 aromatic heterocycles. The van der Waals surface area contributed by atoms with Crippen molar-refractivity contribution in [3.05, 3.63) is 34.2 Å². The Morgan fingerprint density at radius 3 is 2.57 bits per heavy atom. The van der Waals surface area contributed by atoms with Crippen molar-refractivity contribution >= 4 is 32.7 Å². The first-order valence-electron chi connectivity index (χ1n) is 6.58. The summed E-state index contributed by atoms with van der Waals surface area (Å²) < 4.78 is 26.7. The maximum absolute atomic E-state index is 12.0. The van der Waals surface area contributed by atoms with Crippen LogP contribution in [0.5, 0.6) is 0 Å². The molecule has 0 aliphatic heterocycles. The summed E-state index contributed by atoms with van der Waals surface area (Å²) in [5, 5.41) is 0. The Labute approximate surface area is 128 Å². The quantitative estimate of drug-likeness (QED) is 0.703. The molecule has 0 amide bonds. The van der Waals surface area contributed by atoms with Crippen molar-refractivity contribution < 1.29 is 8.42 Å². The van der Waals surface area contributed by atoms with Crippen LogP contribution in [0.25, 0.3) is 11.0 Å². The average Bonchev–Trinajstić information content (AvgIpc) is 2.76. The summed E-state index contributed by atoms with van der Waals surface area (Å²) in [4.78, 5) is 16.5. The lowest BCUT2D eigenvalue weighted by Crippen LogP contribution is -2.31. The highest BCUT2D eigenvalue weighted by atomic mass is 35.5. The van der Waals surface area contributed by atoms with E-state index in [4.69, 9.17) is 11.6 Å². The molecule has 8 heteroatoms. The minimum Gasteiger partial charge on any atom is -0.306 e. The summed E-state index contributed by atoms with van der Waals surface area (Å²) in [5.41, 5.74) is 1.83. The SMILES string of the molecule is CC(CCl)CS(=O)(=O)NC(C)c1ccc2[nH]c(=O)[nH]c2c1. The van der Waals surface area contributed by atoms with Gasteiger partial charge in [0.25, 0.3) is 0 Å². The molecule has 0 saturated carbocycles. The lowest BCUT2D eigenvalue weighted by Gasteiger charge is -2.16. The molecule has 0 aliphatic rings. The van der Waals surface area contributed by atoms with Gasteiger partial charge in [0.05, 0.1) is 16.8 Å². The van der Waals surface area contributed by atoms with Crippen LogP contribution in [0, 0.1) is 5.92 Å². The van der Waals surface area contributed by atoms with Gasteiger partial charge < -0.3 is 9.97 Å². The number of benzene rings is 1. The molecule has 21 heavy (non-hydrogen) atoms. The number of alkyl halides is 1. The van der Waals surface area contributed by atoms with Crippen molar-refractivity contribution in [3.63, 3.8) is 0 Å². The van der Waals surface area contributed by atoms with Gasteiger partial charge >= 0.3 is 5.69 Å². The Kier molecular flexibility index (Phi) is 4.75. The first kappa shape index (κ1) is 16.1. The van der Waals surface area contributed by atoms with Gasteiger partial charge in [0.2, 0.25) is 10.0 Å². The van der Waals surface area contributed by atoms with Gasteiger partial charge in [-0.3, -0.25) is 0 Å². The van der Waals surface area contributed by atoms with Crippen LogP contribution in [-0.2, 0) is 10.0 Å². The second-order valence-electron chi connectivity index (χ2n) is 5.26. The molecule has 2 rings (SSSR count). The van der Waals surface area contributed by atoms with Crippen LogP contribution in [0.4, 0.5) is 0 Å². The highest BCUT2D eigenvalue weighted by molar-refractivity contribution is 7.89. The number of fused-ring (bicyclic) bond motifs is 1. The molecule has 116 valence electrons. The number of hydrogen-bond donors (Lipinski definition) is 3. The molecule has 2 aromatic rings. The van der Waals surface area contributed by atoms with Crippen molar-refractivity contribution in [3.8, 4) is 0 Å². The Morgan fingerprint density at radius 1 is 1.24 bits per heavy atom. The Hall–Kier alpha value is -1.31. The van der Waals surface area contributed by atoms with Gasteiger partial charge in [-0.25, -0.2) is 17.9 Å². The molecule has 0 aliphatic carbocycles. The van der Waals surface area contributed by atoms with Gasteiger partial charge in [0.15, 0.2) is 0 Å². The summed E-state index contributed by atoms with van der Waals surface area (Å²) in [5.74, 6) is 0.176. The number of nitrogens with one attached hydrogen (secondary N) is 3. The van der Waals surface area contributed by atoms with Gasteiger partial charge in [-0.05, 0) is 30.5 Å². The third-order valence-electron chi connectivity index (χ3n) is 3.16. The number of rotatable bonds is 6. The van der Waals surface area contributed by atoms with E-state index in [1.807, 2.05) is 0 Å². The number of halogens is 1. The molecular formula is C13H18ClN3O3S. The molecule has 6 nitrogen and oxygen atoms in total. The van der Waals surface area contributed by atoms with Crippen molar-refractivity contribution in [1.29, 1.82) is 0 Å². The van der Waals surface area contributed by atoms with E-state index in [1.165, 1.54) is 0 Å². The largest absolute Gasteiger partial charge is 0.323 e. The van der Waals surface area contributed by atoms with Crippen LogP contribution in [0.3, 0.4) is 0 Å². The van der Waals surface area contributed by atoms with Gasteiger partial charge in [-0.2, -0.15) is 0 Å². The summed E-state index contributed by atoms with van der Waals surface area (Å²) >= 11 is 5.65. The minimum atomic E-state index is -3.40. The summed E-state index contributed by atoms with van der Waals surface area (Å²) in [7, 11) is -3.40. The summed E-state index contributed by atoms with van der Waals surface area (Å²) in [6, 6.07) is 4.89. The molecule has 0 fully saturated rings. The van der Waals surface area contributed by atoms with E-state index in [1.54, 1.807) is 32.0 Å². The molecular weight excluding hydrogens is 314 g/mol. The molecule has 1 heterocycles. The van der Waals surface area contributed by atoms with Crippen LogP contribution >= 0.6 is 11.6 Å². The maximum Gasteiger partial charge on any atom is 0.323 e. The molecule has 0 saturated heterocycles. The van der Waals surface area contributed by atoms with Crippen LogP contribution in [0.15, 0.2) is 23.0 Å². The van der Waals surface area contributed by atoms with Crippen LogP contribution in [-0.4, -0.2) is 30.0 Å². The first-order valence-corrected chi connectivity index (χ1v) is 8.77. The monoisotopic (exact) mass is 331 g/mol. The second kappa shape index (κ2) is 6.21. The topological polar surface area (TPSA) is 94.8 Å². The van der Waals surface area contributed by atoms with E-state index in [0.29, 0.717) is 16.9 Å². The lowest BCUT2D eigenvalue weighted by atomic mass is 10.1. The molecule has 0 radical (unpaired) electrons. The fourth-order valence-electron chi connectivity index (χ4n) is 2.12. The van der Waals surface area contributed by atoms with Crippen molar-refractivity contribution in [2.45, 2.75) is 19.9 Å². The highest BCUT2D eigenvalue weighted by Crippen LogP contribution is 2.18. The molecule has 0 bridgehead atoms. The standard InChI is InChI=1S/C13H18ClN3O3S/c1-8(6-14)7-21(19,20)17-9(2)10-3-4-11-12(5-10)16-13(18)15-11/h3-5,8-9,17H,6-7H2,1-2H3,(H2,15,16,18). The van der Waals surface area contributed by atoms with E-state index in [9.17, 15) is 13.2 Å². The van der Waals surface area contributed by atoms with Crippen LogP contribution in [0.1, 0.15) is 25.5 Å². The zero-order valence-electron chi connectivity index (χ0n) is 11.8. The number of imidazole rings is 1. The van der Waals surface area contributed by atoms with E-state index < -0.39 is 10.0 Å². The normalized spacial score (nSPS) is 15.2. The zero-order chi connectivity index (χ0) is 15.6. The van der Waals surface area contributed by atoms with Crippen molar-refractivity contribution in [1.82, 2.24) is 14.7 Å². The fourth-order valence-corrected chi connectivity index (χ4v) is 4.00. The molecule has 3 N–H and O–H groups in total. The Morgan fingerprint density at radius 2 is 1.90 bits per heavy atom. The minimum absolute atomic E-state index is 0.00985. The molecule has 2 unspecified atom stereocenters. The number of H-pyrrole nitrogens is 2. The smallest absolute Gasteiger partial charge is 0.306 e. The maximum atomic E-state index is 12.0. The molecule has 2 atom stereocenters. The lowest BCUT2D eigenvalue weighted by molar-refractivity contribution is 0.555. The zero-order valence-corrected chi connectivity index (χ0v) is 13.4. The highest BCUT2D eigenvalue weighted by Gasteiger charge is 2.19. The van der Waals surface area contributed by atoms with Crippen LogP contribution < -0.4 is 10.4 Å². The average molecular weight is 332 g/mol. The molecule has 1 aromatic carbocycles. The third-order valence-corrected chi connectivity index (χ3v) is 5.41. The second-order valence-corrected chi connectivity index (χ2v) is 7.37. The predicted molar refractivity (Wildman–Crippen MR) is 84.1 cm³/mol. The van der Waals surface area contributed by atoms with Gasteiger partial charge in [0, 0.05) is 11.9 Å². The summed E-state index contributed by atoms with van der Waals surface area (Å²) in [6.45, 7) is 3.54. The van der Waals surface area contributed by atoms with Crippen LogP contribution in [0.2, 0.25) is 0 Å². The Balaban J connectivity index is 2.18. The van der Waals surface area contributed by atoms with Crippen molar-refractivity contribution in [2.75, 3.05) is 11.6 Å². The Bertz CT molecular complexity index is 781. The van der Waals surface area contributed by atoms with E-state index in [-0.39, 0.29) is 23.4 Å². The van der Waals surface area contributed by atoms with Gasteiger partial charge in [-0.1, -0.05) is 13.0 Å².